The van der Waals surface area contributed by atoms with Crippen LogP contribution in [0.15, 0.2) is 24.3 Å². The zero-order valence-corrected chi connectivity index (χ0v) is 15.4. The van der Waals surface area contributed by atoms with Gasteiger partial charge >= 0.3 is 0 Å². The Morgan fingerprint density at radius 2 is 2.15 bits per heavy atom. The quantitative estimate of drug-likeness (QED) is 0.909. The van der Waals surface area contributed by atoms with Crippen molar-refractivity contribution in [1.29, 1.82) is 0 Å². The van der Waals surface area contributed by atoms with E-state index in [1.54, 1.807) is 4.90 Å². The molecule has 1 N–H and O–H groups in total. The van der Waals surface area contributed by atoms with Gasteiger partial charge in [0.2, 0.25) is 0 Å². The molecule has 0 saturated carbocycles. The van der Waals surface area contributed by atoms with Gasteiger partial charge in [-0.15, -0.1) is 0 Å². The molecule has 2 heterocycles. The molecule has 0 bridgehead atoms. The number of aromatic nitrogens is 2. The Labute approximate surface area is 153 Å². The van der Waals surface area contributed by atoms with Crippen molar-refractivity contribution in [3.8, 4) is 5.75 Å². The van der Waals surface area contributed by atoms with Gasteiger partial charge in [0, 0.05) is 24.8 Å². The van der Waals surface area contributed by atoms with Crippen LogP contribution in [-0.4, -0.2) is 51.0 Å². The number of rotatable bonds is 4. The van der Waals surface area contributed by atoms with E-state index in [-0.39, 0.29) is 19.1 Å². The molecule has 1 unspecified atom stereocenters. The van der Waals surface area contributed by atoms with Crippen molar-refractivity contribution in [3.05, 3.63) is 46.8 Å². The van der Waals surface area contributed by atoms with Crippen LogP contribution in [0, 0.1) is 6.92 Å². The number of carbonyl (C=O) groups excluding carboxylic acids is 1. The zero-order chi connectivity index (χ0) is 18.3. The number of nitrogens with zero attached hydrogens (tertiary/aromatic N) is 3. The highest BCUT2D eigenvalue weighted by Gasteiger charge is 2.41. The van der Waals surface area contributed by atoms with Crippen molar-refractivity contribution in [3.63, 3.8) is 0 Å². The summed E-state index contributed by atoms with van der Waals surface area (Å²) in [5, 5.41) is 15.3. The highest BCUT2D eigenvalue weighted by atomic mass is 16.5. The highest BCUT2D eigenvalue weighted by molar-refractivity contribution is 5.94. The summed E-state index contributed by atoms with van der Waals surface area (Å²) in [6.45, 7) is 2.97. The van der Waals surface area contributed by atoms with Crippen LogP contribution in [0.5, 0.6) is 5.75 Å². The first-order valence-corrected chi connectivity index (χ1v) is 9.22. The average molecular weight is 355 g/mol. The second kappa shape index (κ2) is 6.43. The Morgan fingerprint density at radius 1 is 1.35 bits per heavy atom. The molecule has 1 aromatic carbocycles. The van der Waals surface area contributed by atoms with E-state index in [1.165, 1.54) is 5.69 Å². The van der Waals surface area contributed by atoms with Crippen molar-refractivity contribution in [2.45, 2.75) is 38.2 Å². The third-order valence-electron chi connectivity index (χ3n) is 5.53. The summed E-state index contributed by atoms with van der Waals surface area (Å²) < 4.78 is 7.66. The Morgan fingerprint density at radius 3 is 2.96 bits per heavy atom. The Kier molecular flexibility index (Phi) is 4.23. The van der Waals surface area contributed by atoms with E-state index in [1.807, 2.05) is 42.9 Å². The summed E-state index contributed by atoms with van der Waals surface area (Å²) >= 11 is 0. The molecule has 6 heteroatoms. The molecule has 1 aliphatic carbocycles. The van der Waals surface area contributed by atoms with E-state index in [2.05, 4.69) is 5.10 Å². The Balaban J connectivity index is 1.44. The second-order valence-corrected chi connectivity index (χ2v) is 7.51. The third-order valence-corrected chi connectivity index (χ3v) is 5.53. The lowest BCUT2D eigenvalue weighted by Gasteiger charge is -2.24. The number of β-amino-alcohol motifs (C(OH)–C–C–N with tert-alkyl or cyclic N) is 1. The number of aliphatic hydroxyl groups is 1. The first-order valence-electron chi connectivity index (χ1n) is 9.22. The molecule has 138 valence electrons. The van der Waals surface area contributed by atoms with Crippen LogP contribution in [0.1, 0.15) is 40.2 Å². The summed E-state index contributed by atoms with van der Waals surface area (Å²) in [6.07, 6.45) is 3.49. The van der Waals surface area contributed by atoms with Crippen LogP contribution < -0.4 is 4.74 Å². The van der Waals surface area contributed by atoms with Crippen LogP contribution in [0.2, 0.25) is 0 Å². The monoisotopic (exact) mass is 355 g/mol. The van der Waals surface area contributed by atoms with Crippen molar-refractivity contribution >= 4 is 5.91 Å². The van der Waals surface area contributed by atoms with Crippen molar-refractivity contribution in [2.24, 2.45) is 7.05 Å². The number of amides is 1. The van der Waals surface area contributed by atoms with E-state index < -0.39 is 5.60 Å². The molecule has 1 amide bonds. The number of likely N-dealkylation sites (tertiary alicyclic amines) is 1. The predicted octanol–water partition coefficient (Wildman–Crippen LogP) is 1.87. The fourth-order valence-corrected chi connectivity index (χ4v) is 4.01. The normalized spacial score (nSPS) is 21.9. The maximum atomic E-state index is 12.9. The molecule has 0 radical (unpaired) electrons. The Hall–Kier alpha value is -2.34. The van der Waals surface area contributed by atoms with Crippen molar-refractivity contribution in [2.75, 3.05) is 19.7 Å². The lowest BCUT2D eigenvalue weighted by atomic mass is 10.1. The van der Waals surface area contributed by atoms with Gasteiger partial charge in [-0.05, 0) is 44.2 Å². The van der Waals surface area contributed by atoms with Gasteiger partial charge in [-0.25, -0.2) is 0 Å². The van der Waals surface area contributed by atoms with E-state index >= 15 is 0 Å². The fraction of sp³-hybridized carbons (Fsp3) is 0.500. The summed E-state index contributed by atoms with van der Waals surface area (Å²) in [5.74, 6) is 0.698. The molecule has 1 aliphatic heterocycles. The summed E-state index contributed by atoms with van der Waals surface area (Å²) in [6, 6.07) is 7.75. The lowest BCUT2D eigenvalue weighted by molar-refractivity contribution is 0.00405. The molecule has 6 nitrogen and oxygen atoms in total. The number of benzene rings is 1. The number of para-hydroxylation sites is 1. The van der Waals surface area contributed by atoms with Crippen LogP contribution in [0.25, 0.3) is 0 Å². The molecule has 1 aromatic heterocycles. The molecular weight excluding hydrogens is 330 g/mol. The van der Waals surface area contributed by atoms with Gasteiger partial charge in [0.15, 0.2) is 5.69 Å². The molecular formula is C20H25N3O3. The highest BCUT2D eigenvalue weighted by Crippen LogP contribution is 2.29. The minimum Gasteiger partial charge on any atom is -0.490 e. The second-order valence-electron chi connectivity index (χ2n) is 7.51. The van der Waals surface area contributed by atoms with Crippen LogP contribution in [0.4, 0.5) is 0 Å². The molecule has 1 saturated heterocycles. The van der Waals surface area contributed by atoms with Gasteiger partial charge < -0.3 is 14.7 Å². The first kappa shape index (κ1) is 17.1. The fourth-order valence-electron chi connectivity index (χ4n) is 4.01. The molecule has 2 aromatic rings. The largest absolute Gasteiger partial charge is 0.490 e. The minimum absolute atomic E-state index is 0.0735. The third kappa shape index (κ3) is 2.98. The molecule has 2 aliphatic rings. The molecule has 0 spiro atoms. The van der Waals surface area contributed by atoms with Gasteiger partial charge in [0.05, 0.1) is 6.54 Å². The van der Waals surface area contributed by atoms with Crippen LogP contribution in [0.3, 0.4) is 0 Å². The summed E-state index contributed by atoms with van der Waals surface area (Å²) in [5.41, 5.74) is 2.83. The number of ether oxygens (including phenoxy) is 1. The molecule has 1 fully saturated rings. The number of carbonyl (C=O) groups is 1. The zero-order valence-electron chi connectivity index (χ0n) is 15.4. The van der Waals surface area contributed by atoms with Crippen LogP contribution in [-0.2, 0) is 19.9 Å². The van der Waals surface area contributed by atoms with Gasteiger partial charge in [-0.3, -0.25) is 9.48 Å². The summed E-state index contributed by atoms with van der Waals surface area (Å²) in [7, 11) is 1.90. The topological polar surface area (TPSA) is 67.6 Å². The van der Waals surface area contributed by atoms with E-state index in [0.717, 1.165) is 36.1 Å². The number of hydrogen-bond acceptors (Lipinski definition) is 4. The predicted molar refractivity (Wildman–Crippen MR) is 97.4 cm³/mol. The summed E-state index contributed by atoms with van der Waals surface area (Å²) in [4.78, 5) is 14.6. The SMILES string of the molecule is Cc1ccccc1OCC1(O)CCN(C(=O)c2nn(C)c3c2CCC3)C1. The van der Waals surface area contributed by atoms with Gasteiger partial charge in [0.25, 0.3) is 5.91 Å². The average Bonchev–Trinajstić information content (AvgIpc) is 3.31. The van der Waals surface area contributed by atoms with E-state index in [9.17, 15) is 9.90 Å². The van der Waals surface area contributed by atoms with E-state index in [0.29, 0.717) is 18.7 Å². The lowest BCUT2D eigenvalue weighted by Crippen LogP contribution is -2.41. The van der Waals surface area contributed by atoms with E-state index in [4.69, 9.17) is 4.74 Å². The Bertz CT molecular complexity index is 845. The van der Waals surface area contributed by atoms with Gasteiger partial charge in [0.1, 0.15) is 18.0 Å². The maximum Gasteiger partial charge on any atom is 0.274 e. The molecule has 4 rings (SSSR count). The van der Waals surface area contributed by atoms with Gasteiger partial charge in [-0.1, -0.05) is 18.2 Å². The molecule has 26 heavy (non-hydrogen) atoms. The number of aryl methyl sites for hydroxylation is 2. The maximum absolute atomic E-state index is 12.9. The minimum atomic E-state index is -1.02. The van der Waals surface area contributed by atoms with Crippen LogP contribution >= 0.6 is 0 Å². The van der Waals surface area contributed by atoms with Gasteiger partial charge in [-0.2, -0.15) is 5.10 Å². The molecule has 1 atom stereocenters. The van der Waals surface area contributed by atoms with Crippen molar-refractivity contribution in [1.82, 2.24) is 14.7 Å². The standard InChI is InChI=1S/C20H25N3O3/c1-14-6-3-4-9-17(14)26-13-20(25)10-11-23(12-20)19(24)18-15-7-5-8-16(15)22(2)21-18/h3-4,6,9,25H,5,7-8,10-13H2,1-2H3. The van der Waals surface area contributed by atoms with Crippen molar-refractivity contribution < 1.29 is 14.6 Å². The first-order chi connectivity index (χ1) is 12.5. The number of hydrogen-bond donors (Lipinski definition) is 1. The number of fused-ring (bicyclic) bond motifs is 1. The smallest absolute Gasteiger partial charge is 0.274 e.